The fourth-order valence-corrected chi connectivity index (χ4v) is 1.20. The van der Waals surface area contributed by atoms with Crippen molar-refractivity contribution in [2.24, 2.45) is 0 Å². The third kappa shape index (κ3) is 9.32. The first-order valence-corrected chi connectivity index (χ1v) is 5.70. The third-order valence-electron chi connectivity index (χ3n) is 2.21. The summed E-state index contributed by atoms with van der Waals surface area (Å²) in [5.74, 6) is -0.919. The molecule has 0 amide bonds. The van der Waals surface area contributed by atoms with Crippen molar-refractivity contribution in [3.05, 3.63) is 11.8 Å². The minimum atomic E-state index is -0.919. The zero-order valence-electron chi connectivity index (χ0n) is 9.79. The summed E-state index contributed by atoms with van der Waals surface area (Å²) in [5.41, 5.74) is 0.251. The van der Waals surface area contributed by atoms with Crippen LogP contribution < -0.4 is 0 Å². The van der Waals surface area contributed by atoms with Crippen molar-refractivity contribution in [2.45, 2.75) is 52.4 Å². The van der Waals surface area contributed by atoms with Crippen LogP contribution in [0.25, 0.3) is 0 Å². The predicted molar refractivity (Wildman–Crippen MR) is 60.7 cm³/mol. The van der Waals surface area contributed by atoms with Gasteiger partial charge in [-0.1, -0.05) is 39.0 Å². The summed E-state index contributed by atoms with van der Waals surface area (Å²) in [6.07, 6.45) is 8.61. The molecule has 0 spiro atoms. The third-order valence-corrected chi connectivity index (χ3v) is 2.21. The maximum Gasteiger partial charge on any atom is 0.334 e. The summed E-state index contributed by atoms with van der Waals surface area (Å²) < 4.78 is 5.12. The van der Waals surface area contributed by atoms with E-state index in [1.807, 2.05) is 0 Å². The van der Waals surface area contributed by atoms with Crippen LogP contribution in [0.2, 0.25) is 0 Å². The molecule has 0 unspecified atom stereocenters. The van der Waals surface area contributed by atoms with Gasteiger partial charge < -0.3 is 9.84 Å². The number of carbonyl (C=O) groups is 1. The molecule has 0 aromatic heterocycles. The van der Waals surface area contributed by atoms with Crippen molar-refractivity contribution >= 4 is 5.97 Å². The Morgan fingerprint density at radius 2 is 1.80 bits per heavy atom. The van der Waals surface area contributed by atoms with Gasteiger partial charge in [-0.15, -0.1) is 0 Å². The number of hydrogen-bond donors (Lipinski definition) is 1. The number of unbranched alkanes of at least 4 members (excludes halogenated alkanes) is 5. The van der Waals surface area contributed by atoms with Gasteiger partial charge in [-0.3, -0.25) is 0 Å². The average Bonchev–Trinajstić information content (AvgIpc) is 2.21. The lowest BCUT2D eigenvalue weighted by molar-refractivity contribution is -0.132. The topological polar surface area (TPSA) is 46.5 Å². The highest BCUT2D eigenvalue weighted by Crippen LogP contribution is 2.05. The summed E-state index contributed by atoms with van der Waals surface area (Å²) in [6.45, 7) is 4.35. The number of carboxylic acids is 1. The van der Waals surface area contributed by atoms with Crippen LogP contribution in [0.5, 0.6) is 0 Å². The van der Waals surface area contributed by atoms with Crippen molar-refractivity contribution in [2.75, 3.05) is 6.61 Å². The Balaban J connectivity index is 3.25. The number of aliphatic carboxylic acids is 1. The lowest BCUT2D eigenvalue weighted by Crippen LogP contribution is -1.97. The molecule has 0 fully saturated rings. The molecule has 0 aromatic rings. The van der Waals surface area contributed by atoms with E-state index in [4.69, 9.17) is 9.84 Å². The second kappa shape index (κ2) is 9.56. The van der Waals surface area contributed by atoms with Crippen LogP contribution in [0.1, 0.15) is 52.4 Å². The molecule has 0 heterocycles. The molecule has 0 saturated carbocycles. The van der Waals surface area contributed by atoms with Gasteiger partial charge in [0.25, 0.3) is 0 Å². The molecule has 0 aliphatic carbocycles. The molecule has 3 nitrogen and oxygen atoms in total. The van der Waals surface area contributed by atoms with Gasteiger partial charge in [0.05, 0.1) is 18.4 Å². The second-order valence-electron chi connectivity index (χ2n) is 3.74. The van der Waals surface area contributed by atoms with Gasteiger partial charge >= 0.3 is 5.97 Å². The SMILES string of the molecule is CCCCCCCCOC=C(C)C(=O)O. The van der Waals surface area contributed by atoms with E-state index in [9.17, 15) is 4.79 Å². The summed E-state index contributed by atoms with van der Waals surface area (Å²) >= 11 is 0. The fraction of sp³-hybridized carbons (Fsp3) is 0.750. The van der Waals surface area contributed by atoms with E-state index in [2.05, 4.69) is 6.92 Å². The summed E-state index contributed by atoms with van der Waals surface area (Å²) in [4.78, 5) is 10.4. The van der Waals surface area contributed by atoms with Crippen molar-refractivity contribution < 1.29 is 14.6 Å². The van der Waals surface area contributed by atoms with E-state index < -0.39 is 5.97 Å². The Morgan fingerprint density at radius 1 is 1.20 bits per heavy atom. The molecule has 0 aliphatic rings. The molecule has 0 aliphatic heterocycles. The standard InChI is InChI=1S/C12H22O3/c1-3-4-5-6-7-8-9-15-10-11(2)12(13)14/h10H,3-9H2,1-2H3,(H,13,14). The van der Waals surface area contributed by atoms with Crippen LogP contribution in [0.15, 0.2) is 11.8 Å². The van der Waals surface area contributed by atoms with Gasteiger partial charge in [0.2, 0.25) is 0 Å². The monoisotopic (exact) mass is 214 g/mol. The minimum Gasteiger partial charge on any atom is -0.501 e. The molecule has 0 rings (SSSR count). The van der Waals surface area contributed by atoms with Crippen molar-refractivity contribution in [1.82, 2.24) is 0 Å². The van der Waals surface area contributed by atoms with E-state index in [0.29, 0.717) is 6.61 Å². The summed E-state index contributed by atoms with van der Waals surface area (Å²) in [7, 11) is 0. The highest BCUT2D eigenvalue weighted by Gasteiger charge is 1.98. The van der Waals surface area contributed by atoms with E-state index in [0.717, 1.165) is 6.42 Å². The van der Waals surface area contributed by atoms with E-state index in [1.165, 1.54) is 45.3 Å². The number of rotatable bonds is 9. The van der Waals surface area contributed by atoms with Crippen molar-refractivity contribution in [1.29, 1.82) is 0 Å². The molecule has 0 atom stereocenters. The van der Waals surface area contributed by atoms with Gasteiger partial charge in [-0.05, 0) is 13.3 Å². The molecular weight excluding hydrogens is 192 g/mol. The molecular formula is C12H22O3. The maximum atomic E-state index is 10.4. The summed E-state index contributed by atoms with van der Waals surface area (Å²) in [6, 6.07) is 0. The first kappa shape index (κ1) is 14.0. The Bertz CT molecular complexity index is 197. The van der Waals surface area contributed by atoms with E-state index in [-0.39, 0.29) is 5.57 Å². The first-order valence-electron chi connectivity index (χ1n) is 5.70. The van der Waals surface area contributed by atoms with Gasteiger partial charge in [0.15, 0.2) is 0 Å². The zero-order valence-corrected chi connectivity index (χ0v) is 9.79. The molecule has 0 saturated heterocycles. The van der Waals surface area contributed by atoms with Crippen LogP contribution in [-0.2, 0) is 9.53 Å². The number of ether oxygens (including phenoxy) is 1. The van der Waals surface area contributed by atoms with Gasteiger partial charge in [-0.2, -0.15) is 0 Å². The first-order chi connectivity index (χ1) is 7.18. The Kier molecular flexibility index (Phi) is 8.93. The van der Waals surface area contributed by atoms with Crippen LogP contribution >= 0.6 is 0 Å². The molecule has 0 aromatic carbocycles. The molecule has 1 N–H and O–H groups in total. The lowest BCUT2D eigenvalue weighted by Gasteiger charge is -2.01. The van der Waals surface area contributed by atoms with Crippen molar-refractivity contribution in [3.8, 4) is 0 Å². The smallest absolute Gasteiger partial charge is 0.334 e. The van der Waals surface area contributed by atoms with Crippen LogP contribution in [-0.4, -0.2) is 17.7 Å². The Labute approximate surface area is 92.1 Å². The van der Waals surface area contributed by atoms with Crippen LogP contribution in [0, 0.1) is 0 Å². The Morgan fingerprint density at radius 3 is 2.40 bits per heavy atom. The van der Waals surface area contributed by atoms with Crippen molar-refractivity contribution in [3.63, 3.8) is 0 Å². The predicted octanol–water partition coefficient (Wildman–Crippen LogP) is 3.35. The summed E-state index contributed by atoms with van der Waals surface area (Å²) in [5, 5.41) is 8.53. The fourth-order valence-electron chi connectivity index (χ4n) is 1.20. The number of carboxylic acid groups (broad SMARTS) is 1. The zero-order chi connectivity index (χ0) is 11.5. The Hall–Kier alpha value is -0.990. The van der Waals surface area contributed by atoms with Gasteiger partial charge in [0.1, 0.15) is 0 Å². The van der Waals surface area contributed by atoms with E-state index >= 15 is 0 Å². The highest BCUT2D eigenvalue weighted by molar-refractivity contribution is 5.85. The van der Waals surface area contributed by atoms with E-state index in [1.54, 1.807) is 0 Å². The minimum absolute atomic E-state index is 0.251. The molecule has 0 bridgehead atoms. The average molecular weight is 214 g/mol. The van der Waals surface area contributed by atoms with Gasteiger partial charge in [-0.25, -0.2) is 4.79 Å². The maximum absolute atomic E-state index is 10.4. The van der Waals surface area contributed by atoms with Crippen LogP contribution in [0.3, 0.4) is 0 Å². The molecule has 0 radical (unpaired) electrons. The highest BCUT2D eigenvalue weighted by atomic mass is 16.5. The molecule has 88 valence electrons. The lowest BCUT2D eigenvalue weighted by atomic mass is 10.1. The second-order valence-corrected chi connectivity index (χ2v) is 3.74. The van der Waals surface area contributed by atoms with Gasteiger partial charge in [0, 0.05) is 0 Å². The quantitative estimate of drug-likeness (QED) is 0.364. The van der Waals surface area contributed by atoms with Crippen LogP contribution in [0.4, 0.5) is 0 Å². The number of hydrogen-bond acceptors (Lipinski definition) is 2. The molecule has 15 heavy (non-hydrogen) atoms. The largest absolute Gasteiger partial charge is 0.501 e. The normalized spacial score (nSPS) is 11.5. The molecule has 3 heteroatoms.